The summed E-state index contributed by atoms with van der Waals surface area (Å²) >= 11 is 0. The number of oxazole rings is 1. The molecule has 1 aliphatic rings. The lowest BCUT2D eigenvalue weighted by Gasteiger charge is -2.13. The van der Waals surface area contributed by atoms with Gasteiger partial charge in [0.2, 0.25) is 11.8 Å². The molecule has 1 amide bonds. The third kappa shape index (κ3) is 2.57. The van der Waals surface area contributed by atoms with Gasteiger partial charge in [0.25, 0.3) is 0 Å². The van der Waals surface area contributed by atoms with Crippen molar-refractivity contribution < 1.29 is 9.21 Å². The van der Waals surface area contributed by atoms with Crippen LogP contribution in [0.2, 0.25) is 0 Å². The first-order chi connectivity index (χ1) is 9.74. The molecule has 0 bridgehead atoms. The van der Waals surface area contributed by atoms with Crippen LogP contribution in [-0.2, 0) is 11.2 Å². The van der Waals surface area contributed by atoms with E-state index in [-0.39, 0.29) is 5.91 Å². The Morgan fingerprint density at radius 1 is 1.40 bits per heavy atom. The van der Waals surface area contributed by atoms with Crippen LogP contribution >= 0.6 is 0 Å². The van der Waals surface area contributed by atoms with E-state index in [1.807, 2.05) is 24.0 Å². The van der Waals surface area contributed by atoms with E-state index >= 15 is 0 Å². The molecule has 3 heterocycles. The maximum atomic E-state index is 12.1. The van der Waals surface area contributed by atoms with Crippen LogP contribution in [-0.4, -0.2) is 33.9 Å². The quantitative estimate of drug-likeness (QED) is 0.858. The largest absolute Gasteiger partial charge is 0.441 e. The van der Waals surface area contributed by atoms with Crippen molar-refractivity contribution in [2.45, 2.75) is 26.2 Å². The van der Waals surface area contributed by atoms with Crippen molar-refractivity contribution in [2.24, 2.45) is 0 Å². The van der Waals surface area contributed by atoms with Crippen LogP contribution in [0.15, 0.2) is 28.9 Å². The number of aryl methyl sites for hydroxylation is 1. The normalized spacial score (nSPS) is 14.8. The zero-order chi connectivity index (χ0) is 13.9. The van der Waals surface area contributed by atoms with Gasteiger partial charge in [0.05, 0.1) is 17.7 Å². The number of carbonyl (C=O) groups is 1. The molecule has 3 rings (SSSR count). The van der Waals surface area contributed by atoms with Gasteiger partial charge >= 0.3 is 0 Å². The summed E-state index contributed by atoms with van der Waals surface area (Å²) in [7, 11) is 0. The van der Waals surface area contributed by atoms with Gasteiger partial charge in [-0.15, -0.1) is 0 Å². The van der Waals surface area contributed by atoms with Crippen molar-refractivity contribution in [3.8, 4) is 11.5 Å². The van der Waals surface area contributed by atoms with Crippen LogP contribution < -0.4 is 0 Å². The van der Waals surface area contributed by atoms with E-state index in [1.165, 1.54) is 0 Å². The average molecular weight is 271 g/mol. The Morgan fingerprint density at radius 2 is 2.20 bits per heavy atom. The molecule has 0 spiro atoms. The Hall–Kier alpha value is -2.17. The second kappa shape index (κ2) is 5.45. The highest BCUT2D eigenvalue weighted by Gasteiger charge is 2.21. The van der Waals surface area contributed by atoms with Crippen molar-refractivity contribution in [2.75, 3.05) is 13.1 Å². The first kappa shape index (κ1) is 12.8. The van der Waals surface area contributed by atoms with Gasteiger partial charge in [-0.2, -0.15) is 0 Å². The van der Waals surface area contributed by atoms with Crippen LogP contribution in [0.4, 0.5) is 0 Å². The Labute approximate surface area is 117 Å². The molecule has 0 aliphatic carbocycles. The Bertz CT molecular complexity index is 601. The highest BCUT2D eigenvalue weighted by Crippen LogP contribution is 2.21. The lowest BCUT2D eigenvalue weighted by atomic mass is 10.2. The lowest BCUT2D eigenvalue weighted by molar-refractivity contribution is -0.129. The first-order valence-corrected chi connectivity index (χ1v) is 6.88. The molecule has 1 aliphatic heterocycles. The van der Waals surface area contributed by atoms with E-state index < -0.39 is 0 Å². The SMILES string of the molecule is Cc1oc(-c2cccnc2)nc1CC(=O)N1CCCC1. The summed E-state index contributed by atoms with van der Waals surface area (Å²) in [6.07, 6.45) is 5.93. The average Bonchev–Trinajstić information content (AvgIpc) is 3.10. The second-order valence-electron chi connectivity index (χ2n) is 5.03. The summed E-state index contributed by atoms with van der Waals surface area (Å²) in [6.45, 7) is 3.58. The van der Waals surface area contributed by atoms with Gasteiger partial charge in [0, 0.05) is 25.5 Å². The van der Waals surface area contributed by atoms with E-state index in [0.717, 1.165) is 37.2 Å². The van der Waals surface area contributed by atoms with Gasteiger partial charge in [-0.05, 0) is 31.9 Å². The van der Waals surface area contributed by atoms with E-state index in [0.29, 0.717) is 18.1 Å². The predicted molar refractivity (Wildman–Crippen MR) is 74.0 cm³/mol. The molecule has 1 fully saturated rings. The fourth-order valence-electron chi connectivity index (χ4n) is 2.43. The van der Waals surface area contributed by atoms with Gasteiger partial charge in [-0.3, -0.25) is 9.78 Å². The smallest absolute Gasteiger partial charge is 0.228 e. The molecule has 20 heavy (non-hydrogen) atoms. The lowest BCUT2D eigenvalue weighted by Crippen LogP contribution is -2.29. The maximum absolute atomic E-state index is 12.1. The molecule has 0 saturated carbocycles. The maximum Gasteiger partial charge on any atom is 0.228 e. The van der Waals surface area contributed by atoms with Gasteiger partial charge in [-0.1, -0.05) is 0 Å². The summed E-state index contributed by atoms with van der Waals surface area (Å²) in [6, 6.07) is 3.73. The Morgan fingerprint density at radius 3 is 2.90 bits per heavy atom. The van der Waals surface area contributed by atoms with E-state index in [1.54, 1.807) is 12.4 Å². The van der Waals surface area contributed by atoms with Crippen LogP contribution in [0.1, 0.15) is 24.3 Å². The predicted octanol–water partition coefficient (Wildman–Crippen LogP) is 2.21. The minimum absolute atomic E-state index is 0.136. The molecule has 2 aromatic rings. The van der Waals surface area contributed by atoms with Crippen molar-refractivity contribution in [3.05, 3.63) is 36.0 Å². The molecule has 0 aromatic carbocycles. The standard InChI is InChI=1S/C15H17N3O2/c1-11-13(9-14(19)18-7-2-3-8-18)17-15(20-11)12-5-4-6-16-10-12/h4-6,10H,2-3,7-9H2,1H3. The number of nitrogens with zero attached hydrogens (tertiary/aromatic N) is 3. The number of carbonyl (C=O) groups excluding carboxylic acids is 1. The van der Waals surface area contributed by atoms with Gasteiger partial charge in [0.1, 0.15) is 5.76 Å². The van der Waals surface area contributed by atoms with Gasteiger partial charge in [0.15, 0.2) is 0 Å². The number of hydrogen-bond donors (Lipinski definition) is 0. The minimum atomic E-state index is 0.136. The van der Waals surface area contributed by atoms with Gasteiger partial charge in [-0.25, -0.2) is 4.98 Å². The van der Waals surface area contributed by atoms with Gasteiger partial charge < -0.3 is 9.32 Å². The van der Waals surface area contributed by atoms with Crippen LogP contribution in [0, 0.1) is 6.92 Å². The fourth-order valence-corrected chi connectivity index (χ4v) is 2.43. The molecule has 0 unspecified atom stereocenters. The highest BCUT2D eigenvalue weighted by atomic mass is 16.4. The summed E-state index contributed by atoms with van der Waals surface area (Å²) in [5, 5.41) is 0. The number of aromatic nitrogens is 2. The molecular formula is C15H17N3O2. The molecule has 0 atom stereocenters. The third-order valence-electron chi connectivity index (χ3n) is 3.58. The topological polar surface area (TPSA) is 59.2 Å². The molecular weight excluding hydrogens is 254 g/mol. The zero-order valence-corrected chi connectivity index (χ0v) is 11.5. The van der Waals surface area contributed by atoms with Crippen molar-refractivity contribution >= 4 is 5.91 Å². The summed E-state index contributed by atoms with van der Waals surface area (Å²) in [5.74, 6) is 1.37. The summed E-state index contributed by atoms with van der Waals surface area (Å²) < 4.78 is 5.64. The molecule has 5 heteroatoms. The van der Waals surface area contributed by atoms with E-state index in [2.05, 4.69) is 9.97 Å². The highest BCUT2D eigenvalue weighted by molar-refractivity contribution is 5.79. The third-order valence-corrected chi connectivity index (χ3v) is 3.58. The Balaban J connectivity index is 1.77. The first-order valence-electron chi connectivity index (χ1n) is 6.88. The Kier molecular flexibility index (Phi) is 3.50. The van der Waals surface area contributed by atoms with Crippen molar-refractivity contribution in [1.82, 2.24) is 14.9 Å². The van der Waals surface area contributed by atoms with Crippen molar-refractivity contribution in [1.29, 1.82) is 0 Å². The number of likely N-dealkylation sites (tertiary alicyclic amines) is 1. The van der Waals surface area contributed by atoms with Crippen molar-refractivity contribution in [3.63, 3.8) is 0 Å². The zero-order valence-electron chi connectivity index (χ0n) is 11.5. The van der Waals surface area contributed by atoms with Crippen LogP contribution in [0.25, 0.3) is 11.5 Å². The number of amides is 1. The van der Waals surface area contributed by atoms with E-state index in [9.17, 15) is 4.79 Å². The van der Waals surface area contributed by atoms with Crippen LogP contribution in [0.3, 0.4) is 0 Å². The molecule has 5 nitrogen and oxygen atoms in total. The molecule has 1 saturated heterocycles. The second-order valence-corrected chi connectivity index (χ2v) is 5.03. The number of hydrogen-bond acceptors (Lipinski definition) is 4. The molecule has 0 radical (unpaired) electrons. The summed E-state index contributed by atoms with van der Waals surface area (Å²) in [5.41, 5.74) is 1.55. The molecule has 0 N–H and O–H groups in total. The minimum Gasteiger partial charge on any atom is -0.441 e. The molecule has 104 valence electrons. The fraction of sp³-hybridized carbons (Fsp3) is 0.400. The van der Waals surface area contributed by atoms with Crippen LogP contribution in [0.5, 0.6) is 0 Å². The molecule has 2 aromatic heterocycles. The number of rotatable bonds is 3. The monoisotopic (exact) mass is 271 g/mol. The number of pyridine rings is 1. The van der Waals surface area contributed by atoms with E-state index in [4.69, 9.17) is 4.42 Å². The summed E-state index contributed by atoms with van der Waals surface area (Å²) in [4.78, 5) is 22.5.